The van der Waals surface area contributed by atoms with Crippen LogP contribution in [0.5, 0.6) is 0 Å². The first-order valence-corrected chi connectivity index (χ1v) is 5.04. The van der Waals surface area contributed by atoms with Crippen molar-refractivity contribution in [1.82, 2.24) is 15.0 Å². The first-order valence-electron chi connectivity index (χ1n) is 5.04. The van der Waals surface area contributed by atoms with Gasteiger partial charge in [0.1, 0.15) is 12.0 Å². The van der Waals surface area contributed by atoms with Crippen LogP contribution in [-0.2, 0) is 6.42 Å². The van der Waals surface area contributed by atoms with Crippen LogP contribution in [0.15, 0.2) is 18.6 Å². The average Bonchev–Trinajstić information content (AvgIpc) is 2.62. The molecule has 0 aromatic carbocycles. The molecule has 14 heavy (non-hydrogen) atoms. The molecule has 0 saturated heterocycles. The van der Waals surface area contributed by atoms with E-state index < -0.39 is 0 Å². The highest BCUT2D eigenvalue weighted by molar-refractivity contribution is 5.77. The molecule has 74 valence electrons. The van der Waals surface area contributed by atoms with Crippen LogP contribution in [0.1, 0.15) is 26.0 Å². The summed E-state index contributed by atoms with van der Waals surface area (Å²) in [7, 11) is 0. The number of hydrogen-bond acceptors (Lipinski definition) is 2. The molecule has 0 spiro atoms. The Hall–Kier alpha value is -1.38. The third-order valence-corrected chi connectivity index (χ3v) is 2.39. The zero-order valence-corrected chi connectivity index (χ0v) is 8.62. The number of rotatable bonds is 3. The minimum Gasteiger partial charge on any atom is -0.346 e. The van der Waals surface area contributed by atoms with Crippen LogP contribution in [0, 0.1) is 5.92 Å². The van der Waals surface area contributed by atoms with Crippen LogP contribution in [0.3, 0.4) is 0 Å². The van der Waals surface area contributed by atoms with Crippen molar-refractivity contribution in [1.29, 1.82) is 0 Å². The van der Waals surface area contributed by atoms with Gasteiger partial charge in [-0.1, -0.05) is 13.8 Å². The minimum absolute atomic E-state index is 0.721. The predicted molar refractivity (Wildman–Crippen MR) is 57.0 cm³/mol. The van der Waals surface area contributed by atoms with Gasteiger partial charge in [0.25, 0.3) is 0 Å². The molecule has 0 bridgehead atoms. The summed E-state index contributed by atoms with van der Waals surface area (Å²) < 4.78 is 0. The van der Waals surface area contributed by atoms with Crippen molar-refractivity contribution in [2.75, 3.05) is 0 Å². The molecule has 0 aliphatic heterocycles. The Morgan fingerprint density at radius 2 is 2.21 bits per heavy atom. The lowest BCUT2D eigenvalue weighted by Gasteiger charge is -2.04. The van der Waals surface area contributed by atoms with Crippen molar-refractivity contribution >= 4 is 11.0 Å². The van der Waals surface area contributed by atoms with E-state index in [1.54, 1.807) is 6.33 Å². The van der Waals surface area contributed by atoms with Crippen molar-refractivity contribution in [3.63, 3.8) is 0 Å². The first kappa shape index (κ1) is 9.19. The summed E-state index contributed by atoms with van der Waals surface area (Å²) in [5.74, 6) is 0.721. The summed E-state index contributed by atoms with van der Waals surface area (Å²) in [5.41, 5.74) is 2.10. The summed E-state index contributed by atoms with van der Waals surface area (Å²) in [6, 6.07) is 2.05. The zero-order valence-electron chi connectivity index (χ0n) is 8.62. The predicted octanol–water partition coefficient (Wildman–Crippen LogP) is 2.55. The molecule has 2 aromatic heterocycles. The second-order valence-electron chi connectivity index (χ2n) is 3.99. The number of nitrogens with one attached hydrogen (secondary N) is 1. The lowest BCUT2D eigenvalue weighted by atomic mass is 10.1. The molecule has 3 heteroatoms. The van der Waals surface area contributed by atoms with E-state index in [9.17, 15) is 0 Å². The maximum absolute atomic E-state index is 4.32. The summed E-state index contributed by atoms with van der Waals surface area (Å²) >= 11 is 0. The number of fused-ring (bicyclic) bond motifs is 1. The first-order chi connectivity index (χ1) is 6.77. The summed E-state index contributed by atoms with van der Waals surface area (Å²) in [4.78, 5) is 11.6. The van der Waals surface area contributed by atoms with E-state index in [2.05, 4.69) is 28.8 Å². The fourth-order valence-corrected chi connectivity index (χ4v) is 1.55. The topological polar surface area (TPSA) is 41.6 Å². The second-order valence-corrected chi connectivity index (χ2v) is 3.99. The minimum atomic E-state index is 0.721. The van der Waals surface area contributed by atoms with E-state index in [1.165, 1.54) is 6.42 Å². The van der Waals surface area contributed by atoms with Gasteiger partial charge in [0.2, 0.25) is 0 Å². The van der Waals surface area contributed by atoms with Gasteiger partial charge in [-0.2, -0.15) is 0 Å². The normalized spacial score (nSPS) is 11.4. The Kier molecular flexibility index (Phi) is 2.48. The lowest BCUT2D eigenvalue weighted by molar-refractivity contribution is 0.583. The van der Waals surface area contributed by atoms with Crippen molar-refractivity contribution in [3.8, 4) is 0 Å². The number of H-pyrrole nitrogens is 1. The summed E-state index contributed by atoms with van der Waals surface area (Å²) in [5, 5.41) is 1.16. The van der Waals surface area contributed by atoms with Gasteiger partial charge in [0.15, 0.2) is 0 Å². The fourth-order valence-electron chi connectivity index (χ4n) is 1.55. The Morgan fingerprint density at radius 1 is 1.36 bits per heavy atom. The van der Waals surface area contributed by atoms with Gasteiger partial charge in [0, 0.05) is 11.6 Å². The van der Waals surface area contributed by atoms with Crippen LogP contribution >= 0.6 is 0 Å². The molecule has 0 atom stereocenters. The van der Waals surface area contributed by atoms with Crippen LogP contribution in [0.2, 0.25) is 0 Å². The molecule has 1 N–H and O–H groups in total. The molecular weight excluding hydrogens is 174 g/mol. The molecule has 0 amide bonds. The van der Waals surface area contributed by atoms with Gasteiger partial charge in [-0.05, 0) is 24.8 Å². The van der Waals surface area contributed by atoms with Crippen LogP contribution in [0.25, 0.3) is 11.0 Å². The zero-order chi connectivity index (χ0) is 9.97. The van der Waals surface area contributed by atoms with Gasteiger partial charge < -0.3 is 4.98 Å². The molecule has 3 nitrogen and oxygen atoms in total. The Labute approximate surface area is 83.6 Å². The average molecular weight is 189 g/mol. The third-order valence-electron chi connectivity index (χ3n) is 2.39. The van der Waals surface area contributed by atoms with Gasteiger partial charge in [-0.15, -0.1) is 0 Å². The maximum Gasteiger partial charge on any atom is 0.140 e. The Morgan fingerprint density at radius 3 is 3.00 bits per heavy atom. The van der Waals surface area contributed by atoms with Gasteiger partial charge in [-0.25, -0.2) is 9.97 Å². The van der Waals surface area contributed by atoms with Crippen LogP contribution in [0.4, 0.5) is 0 Å². The molecular formula is C11H15N3. The summed E-state index contributed by atoms with van der Waals surface area (Å²) in [6.07, 6.45) is 5.76. The van der Waals surface area contributed by atoms with Crippen molar-refractivity contribution in [2.45, 2.75) is 26.7 Å². The molecule has 2 aromatic rings. The van der Waals surface area contributed by atoms with E-state index in [0.717, 1.165) is 29.1 Å². The molecule has 2 heterocycles. The highest BCUT2D eigenvalue weighted by atomic mass is 14.9. The number of nitrogens with zero attached hydrogens (tertiary/aromatic N) is 2. The molecule has 0 saturated carbocycles. The molecule has 0 aliphatic carbocycles. The summed E-state index contributed by atoms with van der Waals surface area (Å²) in [6.45, 7) is 4.46. The molecule has 0 unspecified atom stereocenters. The fraction of sp³-hybridized carbons (Fsp3) is 0.455. The molecule has 0 fully saturated rings. The number of aromatic nitrogens is 3. The third kappa shape index (κ3) is 1.76. The van der Waals surface area contributed by atoms with Crippen LogP contribution in [-0.4, -0.2) is 15.0 Å². The van der Waals surface area contributed by atoms with Crippen molar-refractivity contribution in [3.05, 3.63) is 24.3 Å². The van der Waals surface area contributed by atoms with Crippen LogP contribution < -0.4 is 0 Å². The largest absolute Gasteiger partial charge is 0.346 e. The Balaban J connectivity index is 2.27. The van der Waals surface area contributed by atoms with Crippen molar-refractivity contribution < 1.29 is 0 Å². The standard InChI is InChI=1S/C11H15N3/c1-8(2)3-4-10-9-5-6-12-11(9)14-7-13-10/h5-8H,3-4H2,1-2H3,(H,12,13,14). The highest BCUT2D eigenvalue weighted by Gasteiger charge is 2.04. The number of hydrogen-bond donors (Lipinski definition) is 1. The quantitative estimate of drug-likeness (QED) is 0.806. The SMILES string of the molecule is CC(C)CCc1ncnc2[nH]ccc12. The van der Waals surface area contributed by atoms with Gasteiger partial charge >= 0.3 is 0 Å². The monoisotopic (exact) mass is 189 g/mol. The van der Waals surface area contributed by atoms with Gasteiger partial charge in [0.05, 0.1) is 5.69 Å². The number of aromatic amines is 1. The van der Waals surface area contributed by atoms with E-state index >= 15 is 0 Å². The van der Waals surface area contributed by atoms with Crippen molar-refractivity contribution in [2.24, 2.45) is 5.92 Å². The maximum atomic E-state index is 4.32. The molecule has 0 radical (unpaired) electrons. The van der Waals surface area contributed by atoms with Gasteiger partial charge in [-0.3, -0.25) is 0 Å². The number of aryl methyl sites for hydroxylation is 1. The van der Waals surface area contributed by atoms with E-state index in [-0.39, 0.29) is 0 Å². The Bertz CT molecular complexity index is 417. The lowest BCUT2D eigenvalue weighted by Crippen LogP contribution is -1.96. The van der Waals surface area contributed by atoms with E-state index in [4.69, 9.17) is 0 Å². The smallest absolute Gasteiger partial charge is 0.140 e. The molecule has 0 aliphatic rings. The van der Waals surface area contributed by atoms with E-state index in [0.29, 0.717) is 0 Å². The second kappa shape index (κ2) is 3.78. The molecule has 2 rings (SSSR count). The highest BCUT2D eigenvalue weighted by Crippen LogP contribution is 2.15. The van der Waals surface area contributed by atoms with E-state index in [1.807, 2.05) is 12.3 Å².